The van der Waals surface area contributed by atoms with Gasteiger partial charge in [-0.2, -0.15) is 0 Å². The van der Waals surface area contributed by atoms with E-state index in [1.165, 1.54) is 11.0 Å². The topological polar surface area (TPSA) is 94.8 Å². The van der Waals surface area contributed by atoms with Gasteiger partial charge in [-0.1, -0.05) is 35.3 Å². The van der Waals surface area contributed by atoms with Gasteiger partial charge in [0, 0.05) is 27.9 Å². The highest BCUT2D eigenvalue weighted by molar-refractivity contribution is 6.36. The van der Waals surface area contributed by atoms with Crippen molar-refractivity contribution >= 4 is 29.3 Å². The van der Waals surface area contributed by atoms with Crippen LogP contribution in [-0.2, 0) is 0 Å². The molecule has 0 fully saturated rings. The molecule has 0 aliphatic rings. The summed E-state index contributed by atoms with van der Waals surface area (Å²) in [5, 5.41) is 15.0. The van der Waals surface area contributed by atoms with Gasteiger partial charge in [0.2, 0.25) is 0 Å². The third-order valence-corrected chi connectivity index (χ3v) is 4.97. The van der Waals surface area contributed by atoms with Crippen molar-refractivity contribution in [2.75, 3.05) is 0 Å². The summed E-state index contributed by atoms with van der Waals surface area (Å²) in [6.07, 6.45) is 2.48. The Bertz CT molecular complexity index is 1200. The third-order valence-electron chi connectivity index (χ3n) is 4.42. The van der Waals surface area contributed by atoms with Crippen LogP contribution in [0.2, 0.25) is 10.0 Å². The number of pyridine rings is 1. The predicted octanol–water partition coefficient (Wildman–Crippen LogP) is 4.88. The number of aromatic nitrogens is 5. The second-order valence-electron chi connectivity index (χ2n) is 6.60. The molecule has 2 aromatic heterocycles. The van der Waals surface area contributed by atoms with Crippen molar-refractivity contribution < 1.29 is 9.53 Å². The molecule has 2 heterocycles. The van der Waals surface area contributed by atoms with Gasteiger partial charge >= 0.3 is 6.09 Å². The lowest BCUT2D eigenvalue weighted by atomic mass is 10.0. The van der Waals surface area contributed by atoms with Crippen LogP contribution in [0.3, 0.4) is 0 Å². The fourth-order valence-electron chi connectivity index (χ4n) is 2.95. The Morgan fingerprint density at radius 3 is 2.71 bits per heavy atom. The minimum Gasteiger partial charge on any atom is -0.410 e. The van der Waals surface area contributed by atoms with Crippen LogP contribution in [0.25, 0.3) is 16.8 Å². The number of amides is 1. The van der Waals surface area contributed by atoms with Gasteiger partial charge in [0.1, 0.15) is 12.1 Å². The molecule has 0 saturated heterocycles. The fraction of sp³-hybridized carbons (Fsp3) is 0.0952. The lowest BCUT2D eigenvalue weighted by Crippen LogP contribution is -2.30. The lowest BCUT2D eigenvalue weighted by molar-refractivity contribution is 0.196. The summed E-state index contributed by atoms with van der Waals surface area (Å²) in [5.74, 6) is 0.291. The van der Waals surface area contributed by atoms with E-state index in [-0.39, 0.29) is 6.04 Å². The summed E-state index contributed by atoms with van der Waals surface area (Å²) in [6, 6.07) is 15.5. The molecule has 8 nitrogen and oxygen atoms in total. The van der Waals surface area contributed by atoms with Crippen molar-refractivity contribution in [3.8, 4) is 22.6 Å². The number of hydrogen-bond acceptors (Lipinski definition) is 6. The van der Waals surface area contributed by atoms with Gasteiger partial charge in [0.15, 0.2) is 0 Å². The van der Waals surface area contributed by atoms with E-state index in [4.69, 9.17) is 27.9 Å². The summed E-state index contributed by atoms with van der Waals surface area (Å²) in [4.78, 5) is 16.7. The summed E-state index contributed by atoms with van der Waals surface area (Å²) in [6.45, 7) is 1.82. The van der Waals surface area contributed by atoms with Crippen molar-refractivity contribution in [3.63, 3.8) is 0 Å². The number of hydrogen-bond donors (Lipinski definition) is 1. The molecule has 0 aliphatic heterocycles. The molecule has 1 atom stereocenters. The first-order valence-electron chi connectivity index (χ1n) is 9.23. The van der Waals surface area contributed by atoms with E-state index >= 15 is 0 Å². The lowest BCUT2D eigenvalue weighted by Gasteiger charge is -2.15. The van der Waals surface area contributed by atoms with E-state index in [9.17, 15) is 4.79 Å². The normalized spacial score (nSPS) is 11.7. The summed E-state index contributed by atoms with van der Waals surface area (Å²) in [7, 11) is 0. The van der Waals surface area contributed by atoms with Crippen LogP contribution in [0, 0.1) is 0 Å². The van der Waals surface area contributed by atoms with Crippen LogP contribution in [-0.4, -0.2) is 31.3 Å². The molecule has 31 heavy (non-hydrogen) atoms. The van der Waals surface area contributed by atoms with E-state index in [2.05, 4.69) is 25.8 Å². The molecule has 1 unspecified atom stereocenters. The summed E-state index contributed by atoms with van der Waals surface area (Å²) >= 11 is 12.4. The largest absolute Gasteiger partial charge is 0.413 e. The average molecular weight is 455 g/mol. The monoisotopic (exact) mass is 454 g/mol. The maximum Gasteiger partial charge on any atom is 0.413 e. The van der Waals surface area contributed by atoms with E-state index in [1.54, 1.807) is 36.5 Å². The first-order chi connectivity index (χ1) is 15.0. The van der Waals surface area contributed by atoms with Crippen molar-refractivity contribution in [2.24, 2.45) is 0 Å². The van der Waals surface area contributed by atoms with Gasteiger partial charge in [-0.25, -0.2) is 9.48 Å². The van der Waals surface area contributed by atoms with Crippen LogP contribution in [0.15, 0.2) is 67.1 Å². The molecule has 0 spiro atoms. The van der Waals surface area contributed by atoms with E-state index in [0.717, 1.165) is 5.69 Å². The maximum absolute atomic E-state index is 12.5. The standard InChI is InChI=1S/C21H16Cl2N6O2/c1-13(20-4-2-3-7-24-20)26-21(30)31-17-9-14(18-6-5-15(22)10-19(18)23)8-16(11-17)29-12-25-27-28-29/h2-13H,1H3,(H,26,30). The first-order valence-corrected chi connectivity index (χ1v) is 9.98. The van der Waals surface area contributed by atoms with Gasteiger partial charge < -0.3 is 10.1 Å². The number of tetrazole rings is 1. The molecule has 0 aliphatic carbocycles. The summed E-state index contributed by atoms with van der Waals surface area (Å²) in [5.41, 5.74) is 2.73. The second kappa shape index (κ2) is 9.11. The van der Waals surface area contributed by atoms with Gasteiger partial charge in [0.25, 0.3) is 0 Å². The van der Waals surface area contributed by atoms with Gasteiger partial charge in [-0.3, -0.25) is 4.98 Å². The van der Waals surface area contributed by atoms with Crippen molar-refractivity contribution in [3.05, 3.63) is 82.9 Å². The van der Waals surface area contributed by atoms with Crippen LogP contribution in [0.4, 0.5) is 4.79 Å². The molecule has 2 aromatic carbocycles. The molecule has 4 rings (SSSR count). The molecule has 156 valence electrons. The Hall–Kier alpha value is -3.49. The smallest absolute Gasteiger partial charge is 0.410 e. The molecule has 4 aromatic rings. The number of nitrogens with zero attached hydrogens (tertiary/aromatic N) is 5. The summed E-state index contributed by atoms with van der Waals surface area (Å²) < 4.78 is 7.00. The zero-order valence-electron chi connectivity index (χ0n) is 16.2. The average Bonchev–Trinajstić information content (AvgIpc) is 3.29. The Morgan fingerprint density at radius 2 is 2.00 bits per heavy atom. The van der Waals surface area contributed by atoms with Gasteiger partial charge in [0.05, 0.1) is 17.4 Å². The maximum atomic E-state index is 12.5. The number of halogens is 2. The number of benzene rings is 2. The quantitative estimate of drug-likeness (QED) is 0.461. The number of carbonyl (C=O) groups excluding carboxylic acids is 1. The molecule has 0 saturated carbocycles. The minimum absolute atomic E-state index is 0.291. The predicted molar refractivity (Wildman–Crippen MR) is 116 cm³/mol. The Kier molecular flexibility index (Phi) is 6.11. The highest BCUT2D eigenvalue weighted by atomic mass is 35.5. The van der Waals surface area contributed by atoms with Crippen molar-refractivity contribution in [1.29, 1.82) is 0 Å². The van der Waals surface area contributed by atoms with Gasteiger partial charge in [-0.05, 0) is 59.3 Å². The number of carbonyl (C=O) groups is 1. The van der Waals surface area contributed by atoms with Gasteiger partial charge in [-0.15, -0.1) is 5.10 Å². The van der Waals surface area contributed by atoms with Crippen molar-refractivity contribution in [1.82, 2.24) is 30.5 Å². The number of nitrogens with one attached hydrogen (secondary N) is 1. The van der Waals surface area contributed by atoms with Crippen LogP contribution >= 0.6 is 23.2 Å². The molecular weight excluding hydrogens is 439 g/mol. The SMILES string of the molecule is CC(NC(=O)Oc1cc(-c2ccc(Cl)cc2Cl)cc(-n2cnnn2)c1)c1ccccn1. The van der Waals surface area contributed by atoms with E-state index in [0.29, 0.717) is 32.6 Å². The second-order valence-corrected chi connectivity index (χ2v) is 7.45. The Morgan fingerprint density at radius 1 is 1.13 bits per heavy atom. The zero-order chi connectivity index (χ0) is 21.8. The molecule has 10 heteroatoms. The minimum atomic E-state index is -0.625. The number of ether oxygens (including phenoxy) is 1. The fourth-order valence-corrected chi connectivity index (χ4v) is 3.47. The van der Waals surface area contributed by atoms with Crippen LogP contribution in [0.1, 0.15) is 18.7 Å². The number of rotatable bonds is 5. The van der Waals surface area contributed by atoms with E-state index in [1.807, 2.05) is 31.2 Å². The third kappa shape index (κ3) is 4.99. The van der Waals surface area contributed by atoms with Crippen LogP contribution in [0.5, 0.6) is 5.75 Å². The Balaban J connectivity index is 1.63. The van der Waals surface area contributed by atoms with Crippen molar-refractivity contribution in [2.45, 2.75) is 13.0 Å². The molecule has 1 amide bonds. The molecule has 0 bridgehead atoms. The zero-order valence-corrected chi connectivity index (χ0v) is 17.7. The first kappa shape index (κ1) is 20.8. The molecule has 0 radical (unpaired) electrons. The molecule has 1 N–H and O–H groups in total. The highest BCUT2D eigenvalue weighted by Gasteiger charge is 2.15. The van der Waals surface area contributed by atoms with Crippen LogP contribution < -0.4 is 10.1 Å². The Labute approximate surface area is 187 Å². The highest BCUT2D eigenvalue weighted by Crippen LogP contribution is 2.34. The molecular formula is C21H16Cl2N6O2. The van der Waals surface area contributed by atoms with E-state index < -0.39 is 6.09 Å².